The molecule has 1 aromatic carbocycles. The molecule has 0 aliphatic heterocycles. The van der Waals surface area contributed by atoms with E-state index in [0.29, 0.717) is 12.6 Å². The van der Waals surface area contributed by atoms with Crippen molar-refractivity contribution in [2.24, 2.45) is 0 Å². The van der Waals surface area contributed by atoms with E-state index in [2.05, 4.69) is 24.4 Å². The number of carbonyl (C=O) groups is 1. The van der Waals surface area contributed by atoms with Crippen LogP contribution < -0.4 is 5.32 Å². The lowest BCUT2D eigenvalue weighted by molar-refractivity contribution is -0.116. The molecule has 0 aromatic heterocycles. The average Bonchev–Trinajstić information content (AvgIpc) is 2.20. The quantitative estimate of drug-likeness (QED) is 0.773. The highest BCUT2D eigenvalue weighted by Crippen LogP contribution is 2.15. The van der Waals surface area contributed by atoms with Crippen molar-refractivity contribution in [1.82, 2.24) is 5.32 Å². The molecule has 2 heteroatoms. The number of hydrogen-bond acceptors (Lipinski definition) is 2. The molecule has 0 fully saturated rings. The Balaban J connectivity index is 2.58. The van der Waals surface area contributed by atoms with Gasteiger partial charge in [-0.2, -0.15) is 0 Å². The number of Topliss-reactive ketones (excluding diaryl/α,β-unsaturated/α-hetero) is 1. The van der Waals surface area contributed by atoms with Gasteiger partial charge in [-0.05, 0) is 18.9 Å². The number of ketones is 1. The number of nitrogens with one attached hydrogen (secondary N) is 1. The van der Waals surface area contributed by atoms with E-state index in [1.807, 2.05) is 18.2 Å². The van der Waals surface area contributed by atoms with E-state index in [0.717, 1.165) is 6.42 Å². The fourth-order valence-electron chi connectivity index (χ4n) is 1.45. The Morgan fingerprint density at radius 2 is 2.00 bits per heavy atom. The summed E-state index contributed by atoms with van der Waals surface area (Å²) in [4.78, 5) is 10.8. The summed E-state index contributed by atoms with van der Waals surface area (Å²) < 4.78 is 0. The molecular weight excluding hydrogens is 174 g/mol. The van der Waals surface area contributed by atoms with E-state index in [9.17, 15) is 4.79 Å². The SMILES string of the molecule is CC[C@@H](NCC(C)=O)c1ccccc1. The fourth-order valence-corrected chi connectivity index (χ4v) is 1.45. The maximum absolute atomic E-state index is 10.8. The van der Waals surface area contributed by atoms with Crippen molar-refractivity contribution < 1.29 is 4.79 Å². The fraction of sp³-hybridized carbons (Fsp3) is 0.417. The van der Waals surface area contributed by atoms with Gasteiger partial charge in [0.2, 0.25) is 0 Å². The highest BCUT2D eigenvalue weighted by molar-refractivity contribution is 5.77. The van der Waals surface area contributed by atoms with Crippen LogP contribution in [0.2, 0.25) is 0 Å². The van der Waals surface area contributed by atoms with Gasteiger partial charge in [0.25, 0.3) is 0 Å². The summed E-state index contributed by atoms with van der Waals surface area (Å²) in [6, 6.07) is 10.5. The van der Waals surface area contributed by atoms with Crippen LogP contribution in [0, 0.1) is 0 Å². The van der Waals surface area contributed by atoms with Gasteiger partial charge in [0.05, 0.1) is 6.54 Å². The molecule has 0 saturated heterocycles. The molecule has 1 atom stereocenters. The molecule has 0 amide bonds. The van der Waals surface area contributed by atoms with Crippen molar-refractivity contribution in [3.63, 3.8) is 0 Å². The zero-order chi connectivity index (χ0) is 10.4. The predicted octanol–water partition coefficient (Wildman–Crippen LogP) is 2.32. The molecule has 14 heavy (non-hydrogen) atoms. The average molecular weight is 191 g/mol. The van der Waals surface area contributed by atoms with E-state index in [-0.39, 0.29) is 5.78 Å². The Labute approximate surface area is 85.3 Å². The first-order chi connectivity index (χ1) is 6.74. The zero-order valence-electron chi connectivity index (χ0n) is 8.79. The first-order valence-corrected chi connectivity index (χ1v) is 5.01. The summed E-state index contributed by atoms with van der Waals surface area (Å²) in [6.45, 7) is 4.17. The molecule has 0 saturated carbocycles. The number of rotatable bonds is 5. The van der Waals surface area contributed by atoms with E-state index in [4.69, 9.17) is 0 Å². The van der Waals surface area contributed by atoms with Gasteiger partial charge >= 0.3 is 0 Å². The second-order valence-corrected chi connectivity index (χ2v) is 3.45. The molecule has 1 N–H and O–H groups in total. The Bertz CT molecular complexity index is 282. The second kappa shape index (κ2) is 5.55. The van der Waals surface area contributed by atoms with Crippen molar-refractivity contribution in [2.45, 2.75) is 26.3 Å². The van der Waals surface area contributed by atoms with Crippen molar-refractivity contribution in [2.75, 3.05) is 6.54 Å². The van der Waals surface area contributed by atoms with E-state index < -0.39 is 0 Å². The van der Waals surface area contributed by atoms with Gasteiger partial charge in [-0.1, -0.05) is 37.3 Å². The molecule has 0 aliphatic carbocycles. The molecule has 0 aliphatic rings. The normalized spacial score (nSPS) is 12.4. The van der Waals surface area contributed by atoms with Gasteiger partial charge in [-0.25, -0.2) is 0 Å². The van der Waals surface area contributed by atoms with Crippen LogP contribution in [-0.2, 0) is 4.79 Å². The highest BCUT2D eigenvalue weighted by atomic mass is 16.1. The Morgan fingerprint density at radius 1 is 1.36 bits per heavy atom. The molecule has 1 aromatic rings. The minimum atomic E-state index is 0.180. The third-order valence-corrected chi connectivity index (χ3v) is 2.21. The van der Waals surface area contributed by atoms with Crippen molar-refractivity contribution in [1.29, 1.82) is 0 Å². The van der Waals surface area contributed by atoms with E-state index >= 15 is 0 Å². The maximum Gasteiger partial charge on any atom is 0.143 e. The molecular formula is C12H17NO. The van der Waals surface area contributed by atoms with Crippen molar-refractivity contribution in [3.05, 3.63) is 35.9 Å². The van der Waals surface area contributed by atoms with Crippen molar-refractivity contribution >= 4 is 5.78 Å². The lowest BCUT2D eigenvalue weighted by Crippen LogP contribution is -2.25. The van der Waals surface area contributed by atoms with Gasteiger partial charge < -0.3 is 5.32 Å². The van der Waals surface area contributed by atoms with E-state index in [1.165, 1.54) is 5.56 Å². The lowest BCUT2D eigenvalue weighted by Gasteiger charge is -2.16. The third kappa shape index (κ3) is 3.30. The lowest BCUT2D eigenvalue weighted by atomic mass is 10.0. The molecule has 2 nitrogen and oxygen atoms in total. The zero-order valence-corrected chi connectivity index (χ0v) is 8.79. The van der Waals surface area contributed by atoms with Crippen LogP contribution in [0.5, 0.6) is 0 Å². The van der Waals surface area contributed by atoms with Crippen LogP contribution in [0.1, 0.15) is 31.9 Å². The summed E-state index contributed by atoms with van der Waals surface area (Å²) in [6.07, 6.45) is 0.997. The van der Waals surface area contributed by atoms with Crippen LogP contribution in [-0.4, -0.2) is 12.3 Å². The minimum absolute atomic E-state index is 0.180. The van der Waals surface area contributed by atoms with Crippen LogP contribution in [0.4, 0.5) is 0 Å². The summed E-state index contributed by atoms with van der Waals surface area (Å²) in [5, 5.41) is 3.24. The molecule has 0 bridgehead atoms. The molecule has 0 spiro atoms. The first kappa shape index (κ1) is 10.9. The monoisotopic (exact) mass is 191 g/mol. The standard InChI is InChI=1S/C12H17NO/c1-3-12(13-9-10(2)14)11-7-5-4-6-8-11/h4-8,12-13H,3,9H2,1-2H3/t12-/m1/s1. The van der Waals surface area contributed by atoms with Crippen molar-refractivity contribution in [3.8, 4) is 0 Å². The summed E-state index contributed by atoms with van der Waals surface area (Å²) in [5.74, 6) is 0.180. The largest absolute Gasteiger partial charge is 0.303 e. The summed E-state index contributed by atoms with van der Waals surface area (Å²) in [5.41, 5.74) is 1.25. The topological polar surface area (TPSA) is 29.1 Å². The molecule has 0 heterocycles. The van der Waals surface area contributed by atoms with Crippen LogP contribution in [0.15, 0.2) is 30.3 Å². The Morgan fingerprint density at radius 3 is 2.50 bits per heavy atom. The number of carbonyl (C=O) groups excluding carboxylic acids is 1. The van der Waals surface area contributed by atoms with Gasteiger partial charge in [-0.3, -0.25) is 4.79 Å². The molecule has 0 unspecified atom stereocenters. The van der Waals surface area contributed by atoms with Crippen LogP contribution in [0.25, 0.3) is 0 Å². The van der Waals surface area contributed by atoms with Crippen LogP contribution >= 0.6 is 0 Å². The molecule has 1 rings (SSSR count). The smallest absolute Gasteiger partial charge is 0.143 e. The number of benzene rings is 1. The molecule has 76 valence electrons. The minimum Gasteiger partial charge on any atom is -0.303 e. The number of hydrogen-bond donors (Lipinski definition) is 1. The van der Waals surface area contributed by atoms with Gasteiger partial charge in [0, 0.05) is 6.04 Å². The summed E-state index contributed by atoms with van der Waals surface area (Å²) in [7, 11) is 0. The Hall–Kier alpha value is -1.15. The van der Waals surface area contributed by atoms with Crippen LogP contribution in [0.3, 0.4) is 0 Å². The van der Waals surface area contributed by atoms with Gasteiger partial charge in [0.1, 0.15) is 5.78 Å². The van der Waals surface area contributed by atoms with E-state index in [1.54, 1.807) is 6.92 Å². The van der Waals surface area contributed by atoms with Gasteiger partial charge in [-0.15, -0.1) is 0 Å². The third-order valence-electron chi connectivity index (χ3n) is 2.21. The highest BCUT2D eigenvalue weighted by Gasteiger charge is 2.07. The predicted molar refractivity (Wildman–Crippen MR) is 58.2 cm³/mol. The molecule has 0 radical (unpaired) electrons. The Kier molecular flexibility index (Phi) is 4.33. The summed E-state index contributed by atoms with van der Waals surface area (Å²) >= 11 is 0. The van der Waals surface area contributed by atoms with Gasteiger partial charge in [0.15, 0.2) is 0 Å². The first-order valence-electron chi connectivity index (χ1n) is 5.01. The second-order valence-electron chi connectivity index (χ2n) is 3.45. The maximum atomic E-state index is 10.8.